The molecule has 4 nitrogen and oxygen atoms in total. The van der Waals surface area contributed by atoms with Crippen molar-refractivity contribution in [1.82, 2.24) is 4.98 Å². The molecule has 0 amide bonds. The standard InChI is InChI=1S/C15H18BrN3O/c1-10-13(17)4-6-15(19-10)18-8-7-11-9-12(16)3-5-14(11)20-2/h3-6,9H,7-8,17H2,1-2H3,(H,18,19). The molecular formula is C15H18BrN3O. The predicted molar refractivity (Wildman–Crippen MR) is 86.3 cm³/mol. The van der Waals surface area contributed by atoms with Gasteiger partial charge in [-0.05, 0) is 49.2 Å². The first-order valence-corrected chi connectivity index (χ1v) is 7.19. The van der Waals surface area contributed by atoms with Crippen LogP contribution in [0.2, 0.25) is 0 Å². The van der Waals surface area contributed by atoms with Crippen molar-refractivity contribution in [2.24, 2.45) is 0 Å². The van der Waals surface area contributed by atoms with Gasteiger partial charge in [0.25, 0.3) is 0 Å². The zero-order chi connectivity index (χ0) is 14.5. The van der Waals surface area contributed by atoms with E-state index in [2.05, 4.69) is 32.3 Å². The van der Waals surface area contributed by atoms with Gasteiger partial charge >= 0.3 is 0 Å². The number of nitrogens with two attached hydrogens (primary N) is 1. The van der Waals surface area contributed by atoms with Crippen LogP contribution in [-0.4, -0.2) is 18.6 Å². The molecule has 0 spiro atoms. The van der Waals surface area contributed by atoms with Crippen LogP contribution in [0.1, 0.15) is 11.3 Å². The van der Waals surface area contributed by atoms with Gasteiger partial charge in [0.05, 0.1) is 18.5 Å². The van der Waals surface area contributed by atoms with Gasteiger partial charge in [0.2, 0.25) is 0 Å². The lowest BCUT2D eigenvalue weighted by Gasteiger charge is -2.11. The van der Waals surface area contributed by atoms with Crippen molar-refractivity contribution in [3.05, 3.63) is 46.1 Å². The summed E-state index contributed by atoms with van der Waals surface area (Å²) in [6.45, 7) is 2.68. The number of benzene rings is 1. The maximum absolute atomic E-state index is 5.75. The molecule has 0 aliphatic rings. The molecule has 0 saturated carbocycles. The van der Waals surface area contributed by atoms with Gasteiger partial charge in [0.15, 0.2) is 0 Å². The Bertz CT molecular complexity index is 602. The molecule has 0 aliphatic carbocycles. The van der Waals surface area contributed by atoms with Crippen LogP contribution < -0.4 is 15.8 Å². The van der Waals surface area contributed by atoms with E-state index in [0.29, 0.717) is 5.69 Å². The number of hydrogen-bond acceptors (Lipinski definition) is 4. The second-order valence-corrected chi connectivity index (χ2v) is 5.42. The lowest BCUT2D eigenvalue weighted by molar-refractivity contribution is 0.410. The molecule has 0 fully saturated rings. The largest absolute Gasteiger partial charge is 0.496 e. The zero-order valence-electron chi connectivity index (χ0n) is 11.6. The SMILES string of the molecule is COc1ccc(Br)cc1CCNc1ccc(N)c(C)n1. The van der Waals surface area contributed by atoms with Gasteiger partial charge in [-0.25, -0.2) is 4.98 Å². The molecule has 5 heteroatoms. The Morgan fingerprint density at radius 1 is 1.30 bits per heavy atom. The van der Waals surface area contributed by atoms with Crippen molar-refractivity contribution in [2.45, 2.75) is 13.3 Å². The van der Waals surface area contributed by atoms with Crippen molar-refractivity contribution in [2.75, 3.05) is 24.7 Å². The molecule has 0 radical (unpaired) electrons. The van der Waals surface area contributed by atoms with Crippen LogP contribution >= 0.6 is 15.9 Å². The zero-order valence-corrected chi connectivity index (χ0v) is 13.2. The number of anilines is 2. The topological polar surface area (TPSA) is 60.2 Å². The molecule has 1 heterocycles. The average Bonchev–Trinajstić information content (AvgIpc) is 2.43. The number of rotatable bonds is 5. The van der Waals surface area contributed by atoms with Crippen LogP contribution in [-0.2, 0) is 6.42 Å². The Labute approximate surface area is 127 Å². The number of methoxy groups -OCH3 is 1. The third-order valence-corrected chi connectivity index (χ3v) is 3.56. The quantitative estimate of drug-likeness (QED) is 0.879. The first-order valence-electron chi connectivity index (χ1n) is 6.39. The highest BCUT2D eigenvalue weighted by atomic mass is 79.9. The second-order valence-electron chi connectivity index (χ2n) is 4.50. The summed E-state index contributed by atoms with van der Waals surface area (Å²) in [6.07, 6.45) is 0.855. The highest BCUT2D eigenvalue weighted by Gasteiger charge is 2.04. The van der Waals surface area contributed by atoms with E-state index in [1.54, 1.807) is 7.11 Å². The van der Waals surface area contributed by atoms with Crippen LogP contribution in [0.4, 0.5) is 11.5 Å². The summed E-state index contributed by atoms with van der Waals surface area (Å²) in [4.78, 5) is 4.39. The normalized spacial score (nSPS) is 10.3. The van der Waals surface area contributed by atoms with Crippen molar-refractivity contribution >= 4 is 27.4 Å². The second kappa shape index (κ2) is 6.61. The van der Waals surface area contributed by atoms with Crippen LogP contribution in [0.5, 0.6) is 5.75 Å². The maximum atomic E-state index is 5.75. The van der Waals surface area contributed by atoms with Gasteiger partial charge in [0.1, 0.15) is 11.6 Å². The Kier molecular flexibility index (Phi) is 4.84. The lowest BCUT2D eigenvalue weighted by atomic mass is 10.1. The van der Waals surface area contributed by atoms with E-state index in [1.807, 2.05) is 31.2 Å². The molecular weight excluding hydrogens is 318 g/mol. The number of nitrogens with zero attached hydrogens (tertiary/aromatic N) is 1. The van der Waals surface area contributed by atoms with Crippen molar-refractivity contribution in [3.8, 4) is 5.75 Å². The predicted octanol–water partition coefficient (Wildman–Crippen LogP) is 3.40. The summed E-state index contributed by atoms with van der Waals surface area (Å²) in [5, 5.41) is 3.29. The van der Waals surface area contributed by atoms with E-state index in [0.717, 1.165) is 40.3 Å². The van der Waals surface area contributed by atoms with E-state index >= 15 is 0 Å². The minimum absolute atomic E-state index is 0.712. The number of halogens is 1. The molecule has 106 valence electrons. The number of aryl methyl sites for hydroxylation is 1. The Morgan fingerprint density at radius 3 is 2.80 bits per heavy atom. The fraction of sp³-hybridized carbons (Fsp3) is 0.267. The van der Waals surface area contributed by atoms with Crippen LogP contribution in [0, 0.1) is 6.92 Å². The number of pyridine rings is 1. The molecule has 3 N–H and O–H groups in total. The number of nitrogen functional groups attached to an aromatic ring is 1. The third kappa shape index (κ3) is 3.63. The molecule has 2 rings (SSSR count). The van der Waals surface area contributed by atoms with Crippen LogP contribution in [0.3, 0.4) is 0 Å². The first-order chi connectivity index (χ1) is 9.60. The summed E-state index contributed by atoms with van der Waals surface area (Å²) in [7, 11) is 1.69. The van der Waals surface area contributed by atoms with E-state index in [1.165, 1.54) is 0 Å². The molecule has 0 aliphatic heterocycles. The van der Waals surface area contributed by atoms with Crippen LogP contribution in [0.15, 0.2) is 34.8 Å². The van der Waals surface area contributed by atoms with Crippen molar-refractivity contribution in [1.29, 1.82) is 0 Å². The highest BCUT2D eigenvalue weighted by Crippen LogP contribution is 2.23. The minimum atomic E-state index is 0.712. The molecule has 0 saturated heterocycles. The van der Waals surface area contributed by atoms with E-state index in [-0.39, 0.29) is 0 Å². The summed E-state index contributed by atoms with van der Waals surface area (Å²) in [5.41, 5.74) is 8.46. The minimum Gasteiger partial charge on any atom is -0.496 e. The Morgan fingerprint density at radius 2 is 2.10 bits per heavy atom. The summed E-state index contributed by atoms with van der Waals surface area (Å²) in [6, 6.07) is 9.76. The van der Waals surface area contributed by atoms with Crippen LogP contribution in [0.25, 0.3) is 0 Å². The van der Waals surface area contributed by atoms with Gasteiger partial charge in [0, 0.05) is 11.0 Å². The first kappa shape index (κ1) is 14.7. The molecule has 2 aromatic rings. The number of hydrogen-bond donors (Lipinski definition) is 2. The van der Waals surface area contributed by atoms with Crippen molar-refractivity contribution < 1.29 is 4.74 Å². The fourth-order valence-electron chi connectivity index (χ4n) is 1.94. The molecule has 0 unspecified atom stereocenters. The fourth-order valence-corrected chi connectivity index (χ4v) is 2.35. The third-order valence-electron chi connectivity index (χ3n) is 3.07. The van der Waals surface area contributed by atoms with E-state index in [9.17, 15) is 0 Å². The van der Waals surface area contributed by atoms with Gasteiger partial charge in [-0.3, -0.25) is 0 Å². The number of aromatic nitrogens is 1. The summed E-state index contributed by atoms with van der Waals surface area (Å²) in [5.74, 6) is 1.74. The van der Waals surface area contributed by atoms with Gasteiger partial charge in [-0.2, -0.15) is 0 Å². The maximum Gasteiger partial charge on any atom is 0.126 e. The average molecular weight is 336 g/mol. The molecule has 1 aromatic carbocycles. The molecule has 1 aromatic heterocycles. The van der Waals surface area contributed by atoms with Gasteiger partial charge in [-0.1, -0.05) is 15.9 Å². The van der Waals surface area contributed by atoms with E-state index in [4.69, 9.17) is 10.5 Å². The molecule has 0 atom stereocenters. The monoisotopic (exact) mass is 335 g/mol. The van der Waals surface area contributed by atoms with Gasteiger partial charge < -0.3 is 15.8 Å². The number of ether oxygens (including phenoxy) is 1. The number of nitrogens with one attached hydrogen (secondary N) is 1. The lowest BCUT2D eigenvalue weighted by Crippen LogP contribution is -2.08. The Hall–Kier alpha value is -1.75. The van der Waals surface area contributed by atoms with E-state index < -0.39 is 0 Å². The van der Waals surface area contributed by atoms with Crippen molar-refractivity contribution in [3.63, 3.8) is 0 Å². The van der Waals surface area contributed by atoms with Gasteiger partial charge in [-0.15, -0.1) is 0 Å². The smallest absolute Gasteiger partial charge is 0.126 e. The Balaban J connectivity index is 1.99. The highest BCUT2D eigenvalue weighted by molar-refractivity contribution is 9.10. The molecule has 20 heavy (non-hydrogen) atoms. The summed E-state index contributed by atoms with van der Waals surface area (Å²) < 4.78 is 6.41. The molecule has 0 bridgehead atoms. The summed E-state index contributed by atoms with van der Waals surface area (Å²) >= 11 is 3.48.